The standard InChI is InChI=1S/C13H17NO2/c1-9(2)10(3)16-13-11(8-14)6-5-7-12(13)15-4/h5-7,9-10H,1-4H3. The maximum Gasteiger partial charge on any atom is 0.179 e. The first kappa shape index (κ1) is 12.4. The van der Waals surface area contributed by atoms with Gasteiger partial charge < -0.3 is 9.47 Å². The molecule has 3 nitrogen and oxygen atoms in total. The molecule has 0 aliphatic heterocycles. The fourth-order valence-electron chi connectivity index (χ4n) is 1.21. The second-order valence-corrected chi connectivity index (χ2v) is 4.02. The zero-order valence-electron chi connectivity index (χ0n) is 10.2. The molecule has 0 fully saturated rings. The van der Waals surface area contributed by atoms with Crippen molar-refractivity contribution in [2.45, 2.75) is 26.9 Å². The summed E-state index contributed by atoms with van der Waals surface area (Å²) in [4.78, 5) is 0. The van der Waals surface area contributed by atoms with E-state index in [1.165, 1.54) is 0 Å². The van der Waals surface area contributed by atoms with Crippen molar-refractivity contribution in [3.8, 4) is 17.6 Å². The SMILES string of the molecule is COc1cccc(C#N)c1OC(C)C(C)C. The number of rotatable bonds is 4. The first-order valence-corrected chi connectivity index (χ1v) is 5.34. The molecule has 0 aliphatic carbocycles. The Morgan fingerprint density at radius 1 is 1.25 bits per heavy atom. The number of benzene rings is 1. The average Bonchev–Trinajstić information content (AvgIpc) is 2.29. The highest BCUT2D eigenvalue weighted by atomic mass is 16.5. The largest absolute Gasteiger partial charge is 0.493 e. The molecule has 0 heterocycles. The monoisotopic (exact) mass is 219 g/mol. The van der Waals surface area contributed by atoms with E-state index in [2.05, 4.69) is 19.9 Å². The molecule has 0 bridgehead atoms. The third-order valence-corrected chi connectivity index (χ3v) is 2.56. The van der Waals surface area contributed by atoms with Crippen LogP contribution in [0.3, 0.4) is 0 Å². The Morgan fingerprint density at radius 2 is 1.94 bits per heavy atom. The summed E-state index contributed by atoms with van der Waals surface area (Å²) in [5.74, 6) is 1.52. The lowest BCUT2D eigenvalue weighted by Gasteiger charge is -2.20. The molecule has 3 heteroatoms. The fourth-order valence-corrected chi connectivity index (χ4v) is 1.21. The maximum atomic E-state index is 9.00. The lowest BCUT2D eigenvalue weighted by molar-refractivity contribution is 0.163. The van der Waals surface area contributed by atoms with Crippen LogP contribution in [0, 0.1) is 17.2 Å². The van der Waals surface area contributed by atoms with Crippen molar-refractivity contribution in [1.29, 1.82) is 5.26 Å². The van der Waals surface area contributed by atoms with E-state index in [4.69, 9.17) is 14.7 Å². The van der Waals surface area contributed by atoms with Crippen LogP contribution in [-0.2, 0) is 0 Å². The number of nitrogens with zero attached hydrogens (tertiary/aromatic N) is 1. The van der Waals surface area contributed by atoms with Crippen molar-refractivity contribution >= 4 is 0 Å². The summed E-state index contributed by atoms with van der Waals surface area (Å²) < 4.78 is 11.0. The van der Waals surface area contributed by atoms with Gasteiger partial charge in [0, 0.05) is 0 Å². The van der Waals surface area contributed by atoms with Gasteiger partial charge in [-0.1, -0.05) is 19.9 Å². The van der Waals surface area contributed by atoms with E-state index in [1.807, 2.05) is 6.92 Å². The van der Waals surface area contributed by atoms with E-state index >= 15 is 0 Å². The van der Waals surface area contributed by atoms with Crippen LogP contribution >= 0.6 is 0 Å². The number of methoxy groups -OCH3 is 1. The molecule has 1 rings (SSSR count). The van der Waals surface area contributed by atoms with Gasteiger partial charge in [0.25, 0.3) is 0 Å². The third kappa shape index (κ3) is 2.66. The molecule has 0 amide bonds. The van der Waals surface area contributed by atoms with E-state index in [0.29, 0.717) is 23.0 Å². The van der Waals surface area contributed by atoms with Crippen LogP contribution in [-0.4, -0.2) is 13.2 Å². The predicted octanol–water partition coefficient (Wildman–Crippen LogP) is 2.99. The summed E-state index contributed by atoms with van der Waals surface area (Å²) in [6.45, 7) is 6.14. The van der Waals surface area contributed by atoms with Crippen LogP contribution in [0.1, 0.15) is 26.3 Å². The first-order valence-electron chi connectivity index (χ1n) is 5.34. The molecule has 0 aromatic heterocycles. The lowest BCUT2D eigenvalue weighted by atomic mass is 10.1. The highest BCUT2D eigenvalue weighted by molar-refractivity contribution is 5.52. The summed E-state index contributed by atoms with van der Waals surface area (Å²) in [6.07, 6.45) is 0.0448. The minimum Gasteiger partial charge on any atom is -0.493 e. The van der Waals surface area contributed by atoms with Gasteiger partial charge in [0.2, 0.25) is 0 Å². The maximum absolute atomic E-state index is 9.00. The van der Waals surface area contributed by atoms with Gasteiger partial charge >= 0.3 is 0 Å². The minimum atomic E-state index is 0.0448. The van der Waals surface area contributed by atoms with Gasteiger partial charge in [0.05, 0.1) is 18.8 Å². The molecule has 1 unspecified atom stereocenters. The molecule has 0 saturated heterocycles. The molecule has 0 spiro atoms. The first-order chi connectivity index (χ1) is 7.60. The number of ether oxygens (including phenoxy) is 2. The molecule has 16 heavy (non-hydrogen) atoms. The Bertz CT molecular complexity index is 393. The van der Waals surface area contributed by atoms with Crippen LogP contribution in [0.25, 0.3) is 0 Å². The number of hydrogen-bond donors (Lipinski definition) is 0. The van der Waals surface area contributed by atoms with Gasteiger partial charge in [-0.15, -0.1) is 0 Å². The van der Waals surface area contributed by atoms with Gasteiger partial charge in [-0.25, -0.2) is 0 Å². The van der Waals surface area contributed by atoms with Crippen molar-refractivity contribution in [1.82, 2.24) is 0 Å². The molecule has 0 aliphatic rings. The van der Waals surface area contributed by atoms with Crippen LogP contribution < -0.4 is 9.47 Å². The van der Waals surface area contributed by atoms with Crippen molar-refractivity contribution in [3.63, 3.8) is 0 Å². The Morgan fingerprint density at radius 3 is 2.44 bits per heavy atom. The smallest absolute Gasteiger partial charge is 0.179 e. The average molecular weight is 219 g/mol. The van der Waals surface area contributed by atoms with E-state index < -0.39 is 0 Å². The molecular weight excluding hydrogens is 202 g/mol. The zero-order chi connectivity index (χ0) is 12.1. The van der Waals surface area contributed by atoms with Gasteiger partial charge in [-0.2, -0.15) is 5.26 Å². The van der Waals surface area contributed by atoms with E-state index in [1.54, 1.807) is 25.3 Å². The van der Waals surface area contributed by atoms with Gasteiger partial charge in [0.1, 0.15) is 6.07 Å². The van der Waals surface area contributed by atoms with Gasteiger partial charge in [0.15, 0.2) is 11.5 Å². The Kier molecular flexibility index (Phi) is 4.19. The van der Waals surface area contributed by atoms with Crippen LogP contribution in [0.4, 0.5) is 0 Å². The van der Waals surface area contributed by atoms with Crippen molar-refractivity contribution < 1.29 is 9.47 Å². The molecule has 0 radical (unpaired) electrons. The van der Waals surface area contributed by atoms with E-state index in [0.717, 1.165) is 0 Å². The summed E-state index contributed by atoms with van der Waals surface area (Å²) >= 11 is 0. The molecular formula is C13H17NO2. The van der Waals surface area contributed by atoms with Crippen LogP contribution in [0.15, 0.2) is 18.2 Å². The second-order valence-electron chi connectivity index (χ2n) is 4.02. The summed E-state index contributed by atoms with van der Waals surface area (Å²) in [6, 6.07) is 7.41. The zero-order valence-corrected chi connectivity index (χ0v) is 10.2. The molecule has 1 aromatic carbocycles. The summed E-state index contributed by atoms with van der Waals surface area (Å²) in [5, 5.41) is 9.00. The highest BCUT2D eigenvalue weighted by Crippen LogP contribution is 2.32. The van der Waals surface area contributed by atoms with Crippen LogP contribution in [0.2, 0.25) is 0 Å². The highest BCUT2D eigenvalue weighted by Gasteiger charge is 2.15. The van der Waals surface area contributed by atoms with E-state index in [-0.39, 0.29) is 6.10 Å². The quantitative estimate of drug-likeness (QED) is 0.781. The minimum absolute atomic E-state index is 0.0448. The van der Waals surface area contributed by atoms with Crippen molar-refractivity contribution in [2.24, 2.45) is 5.92 Å². The van der Waals surface area contributed by atoms with Crippen molar-refractivity contribution in [3.05, 3.63) is 23.8 Å². The van der Waals surface area contributed by atoms with Crippen LogP contribution in [0.5, 0.6) is 11.5 Å². The molecule has 1 atom stereocenters. The number of hydrogen-bond acceptors (Lipinski definition) is 3. The topological polar surface area (TPSA) is 42.2 Å². The van der Waals surface area contributed by atoms with E-state index in [9.17, 15) is 0 Å². The number of para-hydroxylation sites is 1. The predicted molar refractivity (Wildman–Crippen MR) is 62.6 cm³/mol. The normalized spacial score (nSPS) is 12.0. The second kappa shape index (κ2) is 5.41. The van der Waals surface area contributed by atoms with Crippen molar-refractivity contribution in [2.75, 3.05) is 7.11 Å². The molecule has 0 saturated carbocycles. The lowest BCUT2D eigenvalue weighted by Crippen LogP contribution is -2.19. The molecule has 0 N–H and O–H groups in total. The Balaban J connectivity index is 3.05. The fraction of sp³-hybridized carbons (Fsp3) is 0.462. The third-order valence-electron chi connectivity index (χ3n) is 2.56. The molecule has 86 valence electrons. The van der Waals surface area contributed by atoms with Gasteiger partial charge in [-0.05, 0) is 25.0 Å². The summed E-state index contributed by atoms with van der Waals surface area (Å²) in [7, 11) is 1.57. The van der Waals surface area contributed by atoms with Gasteiger partial charge in [-0.3, -0.25) is 0 Å². The number of nitriles is 1. The Hall–Kier alpha value is -1.69. The summed E-state index contributed by atoms with van der Waals surface area (Å²) in [5.41, 5.74) is 0.506. The molecule has 1 aromatic rings. The Labute approximate surface area is 96.6 Å².